The average Bonchev–Trinajstić information content (AvgIpc) is 2.59. The fraction of sp³-hybridized carbons (Fsp3) is 0.929. The zero-order chi connectivity index (χ0) is 11.6. The van der Waals surface area contributed by atoms with Crippen LogP contribution < -0.4 is 0 Å². The molecule has 0 aromatic carbocycles. The molecule has 1 aliphatic heterocycles. The third-order valence-electron chi connectivity index (χ3n) is 4.53. The van der Waals surface area contributed by atoms with Gasteiger partial charge in [-0.2, -0.15) is 0 Å². The first-order valence-electron chi connectivity index (χ1n) is 6.86. The van der Waals surface area contributed by atoms with Crippen molar-refractivity contribution >= 4 is 6.29 Å². The topological polar surface area (TPSA) is 20.3 Å². The Morgan fingerprint density at radius 1 is 1.25 bits per heavy atom. The highest BCUT2D eigenvalue weighted by Gasteiger charge is 2.37. The monoisotopic (exact) mass is 223 g/mol. The second-order valence-corrected chi connectivity index (χ2v) is 6.16. The summed E-state index contributed by atoms with van der Waals surface area (Å²) in [5.41, 5.74) is -0.00340. The lowest BCUT2D eigenvalue weighted by Crippen LogP contribution is -2.41. The van der Waals surface area contributed by atoms with Gasteiger partial charge in [0.15, 0.2) is 0 Å². The molecule has 2 unspecified atom stereocenters. The summed E-state index contributed by atoms with van der Waals surface area (Å²) >= 11 is 0. The summed E-state index contributed by atoms with van der Waals surface area (Å²) in [5.74, 6) is 0.808. The van der Waals surface area contributed by atoms with E-state index in [0.717, 1.165) is 25.3 Å². The van der Waals surface area contributed by atoms with Crippen LogP contribution in [0.5, 0.6) is 0 Å². The fourth-order valence-electron chi connectivity index (χ4n) is 3.58. The number of hydrogen-bond donors (Lipinski definition) is 0. The molecule has 2 nitrogen and oxygen atoms in total. The van der Waals surface area contributed by atoms with E-state index in [4.69, 9.17) is 0 Å². The second kappa shape index (κ2) is 4.87. The summed E-state index contributed by atoms with van der Waals surface area (Å²) in [4.78, 5) is 14.0. The van der Waals surface area contributed by atoms with E-state index < -0.39 is 0 Å². The number of nitrogens with zero attached hydrogens (tertiary/aromatic N) is 1. The first kappa shape index (κ1) is 12.1. The maximum absolute atomic E-state index is 11.4. The number of aldehydes is 1. The second-order valence-electron chi connectivity index (χ2n) is 6.16. The van der Waals surface area contributed by atoms with Crippen LogP contribution in [0.1, 0.15) is 52.4 Å². The zero-order valence-electron chi connectivity index (χ0n) is 10.7. The van der Waals surface area contributed by atoms with Crippen LogP contribution in [0, 0.1) is 11.3 Å². The standard InChI is InChI=1S/C14H25NO/c1-12-8-13(2)15(9-12)10-14(11-16)6-4-3-5-7-14/h11-13H,3-10H2,1-2H3. The Kier molecular flexibility index (Phi) is 3.68. The van der Waals surface area contributed by atoms with Gasteiger partial charge in [0.2, 0.25) is 0 Å². The highest BCUT2D eigenvalue weighted by atomic mass is 16.1. The van der Waals surface area contributed by atoms with Crippen molar-refractivity contribution in [3.8, 4) is 0 Å². The number of hydrogen-bond acceptors (Lipinski definition) is 2. The third kappa shape index (κ3) is 2.48. The molecule has 2 fully saturated rings. The van der Waals surface area contributed by atoms with Gasteiger partial charge in [0, 0.05) is 24.5 Å². The summed E-state index contributed by atoms with van der Waals surface area (Å²) in [6.45, 7) is 6.84. The SMILES string of the molecule is CC1CC(C)N(CC2(C=O)CCCCC2)C1. The predicted octanol–water partition coefficient (Wildman–Crippen LogP) is 2.87. The van der Waals surface area contributed by atoms with Crippen molar-refractivity contribution in [3.05, 3.63) is 0 Å². The molecule has 92 valence electrons. The Hall–Kier alpha value is -0.370. The number of carbonyl (C=O) groups is 1. The molecule has 1 aliphatic carbocycles. The molecule has 0 amide bonds. The normalized spacial score (nSPS) is 35.1. The van der Waals surface area contributed by atoms with E-state index in [1.165, 1.54) is 38.5 Å². The highest BCUT2D eigenvalue weighted by molar-refractivity contribution is 5.60. The minimum atomic E-state index is -0.00340. The molecule has 0 bridgehead atoms. The molecule has 2 aliphatic rings. The molecule has 16 heavy (non-hydrogen) atoms. The molecule has 2 heteroatoms. The first-order valence-corrected chi connectivity index (χ1v) is 6.86. The Morgan fingerprint density at radius 2 is 1.94 bits per heavy atom. The molecule has 2 atom stereocenters. The minimum Gasteiger partial charge on any atom is -0.303 e. The van der Waals surface area contributed by atoms with Gasteiger partial charge >= 0.3 is 0 Å². The van der Waals surface area contributed by atoms with Gasteiger partial charge in [-0.1, -0.05) is 26.2 Å². The van der Waals surface area contributed by atoms with Crippen LogP contribution in [-0.2, 0) is 4.79 Å². The van der Waals surface area contributed by atoms with Crippen molar-refractivity contribution in [3.63, 3.8) is 0 Å². The molecule has 0 aromatic heterocycles. The van der Waals surface area contributed by atoms with Crippen LogP contribution in [0.2, 0.25) is 0 Å². The summed E-state index contributed by atoms with van der Waals surface area (Å²) in [7, 11) is 0. The molecule has 2 rings (SSSR count). The third-order valence-corrected chi connectivity index (χ3v) is 4.53. The van der Waals surface area contributed by atoms with Gasteiger partial charge in [-0.05, 0) is 32.1 Å². The Balaban J connectivity index is 1.98. The highest BCUT2D eigenvalue weighted by Crippen LogP contribution is 2.37. The smallest absolute Gasteiger partial charge is 0.127 e. The van der Waals surface area contributed by atoms with Crippen molar-refractivity contribution in [2.75, 3.05) is 13.1 Å². The molecule has 0 spiro atoms. The maximum Gasteiger partial charge on any atom is 0.127 e. The van der Waals surface area contributed by atoms with Gasteiger partial charge in [-0.15, -0.1) is 0 Å². The number of likely N-dealkylation sites (tertiary alicyclic amines) is 1. The summed E-state index contributed by atoms with van der Waals surface area (Å²) in [6, 6.07) is 0.675. The van der Waals surface area contributed by atoms with Crippen molar-refractivity contribution < 1.29 is 4.79 Å². The quantitative estimate of drug-likeness (QED) is 0.686. The van der Waals surface area contributed by atoms with E-state index in [1.54, 1.807) is 0 Å². The zero-order valence-corrected chi connectivity index (χ0v) is 10.7. The summed E-state index contributed by atoms with van der Waals surface area (Å²) in [6.07, 6.45) is 8.62. The van der Waals surface area contributed by atoms with E-state index >= 15 is 0 Å². The van der Waals surface area contributed by atoms with Crippen LogP contribution in [-0.4, -0.2) is 30.3 Å². The van der Waals surface area contributed by atoms with Crippen molar-refractivity contribution in [2.24, 2.45) is 11.3 Å². The largest absolute Gasteiger partial charge is 0.303 e. The molecule has 0 aromatic rings. The van der Waals surface area contributed by atoms with Crippen LogP contribution in [0.4, 0.5) is 0 Å². The first-order chi connectivity index (χ1) is 7.65. The Bertz CT molecular complexity index is 245. The fourth-order valence-corrected chi connectivity index (χ4v) is 3.58. The maximum atomic E-state index is 11.4. The average molecular weight is 223 g/mol. The van der Waals surface area contributed by atoms with E-state index in [0.29, 0.717) is 6.04 Å². The van der Waals surface area contributed by atoms with Crippen LogP contribution in [0.15, 0.2) is 0 Å². The lowest BCUT2D eigenvalue weighted by Gasteiger charge is -2.37. The lowest BCUT2D eigenvalue weighted by atomic mass is 9.75. The molecular weight excluding hydrogens is 198 g/mol. The van der Waals surface area contributed by atoms with Gasteiger partial charge in [-0.25, -0.2) is 0 Å². The van der Waals surface area contributed by atoms with Crippen molar-refractivity contribution in [1.29, 1.82) is 0 Å². The molecule has 0 N–H and O–H groups in total. The van der Waals surface area contributed by atoms with Gasteiger partial charge in [0.25, 0.3) is 0 Å². The predicted molar refractivity (Wildman–Crippen MR) is 66.4 cm³/mol. The van der Waals surface area contributed by atoms with Gasteiger partial charge < -0.3 is 4.79 Å². The molecule has 1 saturated carbocycles. The molecular formula is C14H25NO. The molecule has 0 radical (unpaired) electrons. The van der Waals surface area contributed by atoms with E-state index in [9.17, 15) is 4.79 Å². The van der Waals surface area contributed by atoms with E-state index in [-0.39, 0.29) is 5.41 Å². The summed E-state index contributed by atoms with van der Waals surface area (Å²) < 4.78 is 0. The summed E-state index contributed by atoms with van der Waals surface area (Å²) in [5, 5.41) is 0. The van der Waals surface area contributed by atoms with E-state index in [2.05, 4.69) is 18.7 Å². The number of rotatable bonds is 3. The van der Waals surface area contributed by atoms with E-state index in [1.807, 2.05) is 0 Å². The molecule has 1 heterocycles. The Labute approximate surface area is 99.4 Å². The van der Waals surface area contributed by atoms with Crippen molar-refractivity contribution in [1.82, 2.24) is 4.90 Å². The van der Waals surface area contributed by atoms with Gasteiger partial charge in [0.1, 0.15) is 6.29 Å². The van der Waals surface area contributed by atoms with Gasteiger partial charge in [0.05, 0.1) is 0 Å². The minimum absolute atomic E-state index is 0.00340. The van der Waals surface area contributed by atoms with Crippen LogP contribution in [0.25, 0.3) is 0 Å². The Morgan fingerprint density at radius 3 is 2.44 bits per heavy atom. The van der Waals surface area contributed by atoms with Crippen LogP contribution >= 0.6 is 0 Å². The van der Waals surface area contributed by atoms with Gasteiger partial charge in [-0.3, -0.25) is 4.90 Å². The lowest BCUT2D eigenvalue weighted by molar-refractivity contribution is -0.119. The van der Waals surface area contributed by atoms with Crippen LogP contribution in [0.3, 0.4) is 0 Å². The van der Waals surface area contributed by atoms with Crippen molar-refractivity contribution in [2.45, 2.75) is 58.4 Å². The number of carbonyl (C=O) groups excluding carboxylic acids is 1. The molecule has 1 saturated heterocycles.